The van der Waals surface area contributed by atoms with Crippen LogP contribution in [0.15, 0.2) is 30.3 Å². The molecule has 31 heavy (non-hydrogen) atoms. The van der Waals surface area contributed by atoms with Gasteiger partial charge in [-0.3, -0.25) is 4.79 Å². The first-order valence-corrected chi connectivity index (χ1v) is 11.0. The van der Waals surface area contributed by atoms with Gasteiger partial charge in [0.15, 0.2) is 11.7 Å². The molecule has 2 saturated heterocycles. The zero-order chi connectivity index (χ0) is 21.8. The first kappa shape index (κ1) is 20.6. The highest BCUT2D eigenvalue weighted by Gasteiger charge is 2.48. The Hall–Kier alpha value is -2.26. The van der Waals surface area contributed by atoms with Crippen LogP contribution in [-0.4, -0.2) is 59.0 Å². The van der Waals surface area contributed by atoms with Crippen molar-refractivity contribution in [3.8, 4) is 0 Å². The van der Waals surface area contributed by atoms with Gasteiger partial charge in [-0.2, -0.15) is 18.3 Å². The molecule has 5 rings (SSSR count). The third kappa shape index (κ3) is 3.67. The average molecular weight is 455 g/mol. The molecule has 166 valence electrons. The molecule has 2 fully saturated rings. The highest BCUT2D eigenvalue weighted by Crippen LogP contribution is 2.46. The minimum Gasteiger partial charge on any atom is -0.362 e. The second-order valence-electron chi connectivity index (χ2n) is 8.61. The van der Waals surface area contributed by atoms with Crippen LogP contribution in [0.1, 0.15) is 47.4 Å². The average Bonchev–Trinajstić information content (AvgIpc) is 3.36. The molecular formula is C21H24ClF3N5O+. The first-order chi connectivity index (χ1) is 14.8. The molecule has 1 amide bonds. The van der Waals surface area contributed by atoms with Crippen LogP contribution >= 0.6 is 11.6 Å². The van der Waals surface area contributed by atoms with Gasteiger partial charge < -0.3 is 15.1 Å². The lowest BCUT2D eigenvalue weighted by atomic mass is 9.97. The maximum absolute atomic E-state index is 13.9. The summed E-state index contributed by atoms with van der Waals surface area (Å²) in [6.45, 7) is 3.12. The molecule has 4 heterocycles. The third-order valence-corrected chi connectivity index (χ3v) is 7.12. The number of quaternary nitrogens is 1. The molecule has 1 aromatic carbocycles. The van der Waals surface area contributed by atoms with Crippen molar-refractivity contribution >= 4 is 23.3 Å². The number of nitrogens with one attached hydrogen (secondary N) is 2. The number of hydrogen-bond donors (Lipinski definition) is 2. The molecule has 1 aromatic heterocycles. The lowest BCUT2D eigenvalue weighted by Gasteiger charge is -2.34. The van der Waals surface area contributed by atoms with E-state index in [1.165, 1.54) is 4.90 Å². The number of aromatic nitrogens is 2. The highest BCUT2D eigenvalue weighted by molar-refractivity contribution is 6.36. The lowest BCUT2D eigenvalue weighted by Crippen LogP contribution is -3.16. The van der Waals surface area contributed by atoms with Crippen molar-refractivity contribution in [1.82, 2.24) is 14.7 Å². The Morgan fingerprint density at radius 3 is 2.74 bits per heavy atom. The molecule has 3 aliphatic rings. The fourth-order valence-corrected chi connectivity index (χ4v) is 5.39. The lowest BCUT2D eigenvalue weighted by molar-refractivity contribution is -0.916. The van der Waals surface area contributed by atoms with Gasteiger partial charge >= 0.3 is 6.18 Å². The Bertz CT molecular complexity index is 979. The maximum Gasteiger partial charge on any atom is 0.410 e. The number of piperazine rings is 1. The zero-order valence-corrected chi connectivity index (χ0v) is 17.6. The van der Waals surface area contributed by atoms with E-state index in [0.29, 0.717) is 19.1 Å². The predicted molar refractivity (Wildman–Crippen MR) is 109 cm³/mol. The summed E-state index contributed by atoms with van der Waals surface area (Å²) in [4.78, 5) is 16.4. The molecule has 0 radical (unpaired) electrons. The van der Waals surface area contributed by atoms with Crippen molar-refractivity contribution in [3.05, 3.63) is 46.6 Å². The Morgan fingerprint density at radius 1 is 1.23 bits per heavy atom. The van der Waals surface area contributed by atoms with Crippen LogP contribution in [0, 0.1) is 0 Å². The van der Waals surface area contributed by atoms with Crippen LogP contribution in [0.3, 0.4) is 0 Å². The number of carbonyl (C=O) groups is 1. The van der Waals surface area contributed by atoms with Crippen molar-refractivity contribution in [2.45, 2.75) is 43.6 Å². The number of nitrogens with zero attached hydrogens (tertiary/aromatic N) is 3. The van der Waals surface area contributed by atoms with Crippen molar-refractivity contribution in [2.75, 3.05) is 31.5 Å². The van der Waals surface area contributed by atoms with Crippen LogP contribution in [0.5, 0.6) is 0 Å². The number of alkyl halides is 3. The van der Waals surface area contributed by atoms with Gasteiger partial charge in [0.05, 0.1) is 32.2 Å². The second kappa shape index (κ2) is 7.70. The van der Waals surface area contributed by atoms with Crippen LogP contribution in [0.25, 0.3) is 0 Å². The number of benzene rings is 1. The van der Waals surface area contributed by atoms with Crippen LogP contribution in [0.2, 0.25) is 5.02 Å². The molecule has 2 aromatic rings. The minimum absolute atomic E-state index is 0.0407. The van der Waals surface area contributed by atoms with Gasteiger partial charge in [-0.25, -0.2) is 4.68 Å². The fraction of sp³-hybridized carbons (Fsp3) is 0.524. The van der Waals surface area contributed by atoms with E-state index in [4.69, 9.17) is 11.6 Å². The van der Waals surface area contributed by atoms with Crippen LogP contribution < -0.4 is 10.2 Å². The molecule has 3 aliphatic heterocycles. The van der Waals surface area contributed by atoms with Crippen molar-refractivity contribution in [1.29, 1.82) is 0 Å². The van der Waals surface area contributed by atoms with Crippen LogP contribution in [-0.2, 0) is 0 Å². The summed E-state index contributed by atoms with van der Waals surface area (Å²) in [5, 5.41) is 7.14. The maximum atomic E-state index is 13.9. The summed E-state index contributed by atoms with van der Waals surface area (Å²) in [5.41, 5.74) is 0.627. The quantitative estimate of drug-likeness (QED) is 0.733. The van der Waals surface area contributed by atoms with E-state index in [-0.39, 0.29) is 23.0 Å². The van der Waals surface area contributed by atoms with Gasteiger partial charge in [0.25, 0.3) is 5.91 Å². The summed E-state index contributed by atoms with van der Waals surface area (Å²) >= 11 is 6.47. The van der Waals surface area contributed by atoms with Gasteiger partial charge in [-0.1, -0.05) is 41.9 Å². The number of fused-ring (bicyclic) bond motifs is 2. The first-order valence-electron chi connectivity index (χ1n) is 10.6. The molecule has 0 aliphatic carbocycles. The highest BCUT2D eigenvalue weighted by atomic mass is 35.5. The third-order valence-electron chi connectivity index (χ3n) is 6.76. The normalized spacial score (nSPS) is 28.1. The summed E-state index contributed by atoms with van der Waals surface area (Å²) in [5.74, 6) is -0.339. The zero-order valence-electron chi connectivity index (χ0n) is 16.8. The standard InChI is InChI=1S/C21H23ClF3N5O/c22-17-18(20(31)29-10-9-28-8-4-7-14(28)12-29)27-30-16(21(23,24)25)11-15(26-19(17)30)13-5-2-1-3-6-13/h1-3,5-6,14-16,26H,4,7-12H2/p+1/t14-,15-,16-/m1/s1. The topological polar surface area (TPSA) is 54.6 Å². The van der Waals surface area contributed by atoms with Gasteiger partial charge in [0.2, 0.25) is 0 Å². The number of amides is 1. The molecule has 0 spiro atoms. The number of rotatable bonds is 2. The van der Waals surface area contributed by atoms with Gasteiger partial charge in [0, 0.05) is 19.3 Å². The van der Waals surface area contributed by atoms with Crippen LogP contribution in [0.4, 0.5) is 19.0 Å². The number of carbonyl (C=O) groups excluding carboxylic acids is 1. The molecule has 10 heteroatoms. The summed E-state index contributed by atoms with van der Waals surface area (Å²) in [6.07, 6.45) is -2.54. The van der Waals surface area contributed by atoms with E-state index in [1.807, 2.05) is 6.07 Å². The largest absolute Gasteiger partial charge is 0.410 e. The molecular weight excluding hydrogens is 431 g/mol. The fourth-order valence-electron chi connectivity index (χ4n) is 5.13. The molecule has 4 atom stereocenters. The van der Waals surface area contributed by atoms with Gasteiger partial charge in [-0.05, 0) is 5.56 Å². The Kier molecular flexibility index (Phi) is 5.13. The van der Waals surface area contributed by atoms with E-state index in [2.05, 4.69) is 10.4 Å². The number of halogens is 4. The minimum atomic E-state index is -4.52. The van der Waals surface area contributed by atoms with E-state index in [0.717, 1.165) is 36.2 Å². The van der Waals surface area contributed by atoms with Gasteiger partial charge in [-0.15, -0.1) is 0 Å². The number of anilines is 1. The second-order valence-corrected chi connectivity index (χ2v) is 8.98. The Labute approximate surface area is 182 Å². The summed E-state index contributed by atoms with van der Waals surface area (Å²) in [6, 6.07) is 6.89. The summed E-state index contributed by atoms with van der Waals surface area (Å²) in [7, 11) is 0. The Balaban J connectivity index is 1.47. The summed E-state index contributed by atoms with van der Waals surface area (Å²) < 4.78 is 42.6. The van der Waals surface area contributed by atoms with Crippen molar-refractivity contribution in [2.24, 2.45) is 0 Å². The Morgan fingerprint density at radius 2 is 2.00 bits per heavy atom. The monoisotopic (exact) mass is 454 g/mol. The number of hydrogen-bond acceptors (Lipinski definition) is 3. The van der Waals surface area contributed by atoms with Gasteiger partial charge in [0.1, 0.15) is 16.9 Å². The predicted octanol–water partition coefficient (Wildman–Crippen LogP) is 2.70. The van der Waals surface area contributed by atoms with Crippen molar-refractivity contribution < 1.29 is 22.9 Å². The van der Waals surface area contributed by atoms with E-state index < -0.39 is 24.2 Å². The molecule has 0 bridgehead atoms. The molecule has 6 nitrogen and oxygen atoms in total. The van der Waals surface area contributed by atoms with E-state index in [1.54, 1.807) is 29.2 Å². The molecule has 0 saturated carbocycles. The van der Waals surface area contributed by atoms with Crippen molar-refractivity contribution in [3.63, 3.8) is 0 Å². The smallest absolute Gasteiger partial charge is 0.362 e. The van der Waals surface area contributed by atoms with E-state index >= 15 is 0 Å². The molecule has 2 N–H and O–H groups in total. The SMILES string of the molecule is O=C(c1nn2c(c1Cl)N[C@@H](c1ccccc1)C[C@@H]2C(F)(F)F)N1CC[NH+]2CCC[C@@H]2C1. The molecule has 1 unspecified atom stereocenters. The van der Waals surface area contributed by atoms with E-state index in [9.17, 15) is 18.0 Å².